The summed E-state index contributed by atoms with van der Waals surface area (Å²) >= 11 is 0. The van der Waals surface area contributed by atoms with Crippen LogP contribution in [0.5, 0.6) is 0 Å². The molecule has 2 N–H and O–H groups in total. The zero-order chi connectivity index (χ0) is 8.20. The fraction of sp³-hybridized carbons (Fsp3) is 0.833. The molecule has 4 nitrogen and oxygen atoms in total. The number of likely N-dealkylation sites (N-methyl/N-ethyl adjacent to an activating group) is 1. The lowest BCUT2D eigenvalue weighted by Gasteiger charge is -2.25. The third-order valence-electron chi connectivity index (χ3n) is 1.60. The molecule has 0 aliphatic heterocycles. The fourth-order valence-electron chi connectivity index (χ4n) is 0.769. The van der Waals surface area contributed by atoms with E-state index in [9.17, 15) is 4.79 Å². The van der Waals surface area contributed by atoms with Gasteiger partial charge < -0.3 is 9.84 Å². The molecule has 0 rings (SSSR count). The van der Waals surface area contributed by atoms with Gasteiger partial charge >= 0.3 is 5.97 Å². The van der Waals surface area contributed by atoms with Crippen molar-refractivity contribution in [3.63, 3.8) is 0 Å². The van der Waals surface area contributed by atoms with Gasteiger partial charge in [0.15, 0.2) is 0 Å². The standard InChI is InChI=1S/C6H13NO3/c1-4-6(7-2,10-3)5(8)9/h7H,4H2,1-3H3,(H,8,9). The van der Waals surface area contributed by atoms with Crippen LogP contribution in [-0.2, 0) is 9.53 Å². The van der Waals surface area contributed by atoms with E-state index < -0.39 is 11.7 Å². The van der Waals surface area contributed by atoms with Gasteiger partial charge in [-0.25, -0.2) is 4.79 Å². The van der Waals surface area contributed by atoms with Crippen molar-refractivity contribution < 1.29 is 14.6 Å². The summed E-state index contributed by atoms with van der Waals surface area (Å²) in [5.74, 6) is -0.986. The van der Waals surface area contributed by atoms with Crippen molar-refractivity contribution in [1.82, 2.24) is 5.32 Å². The van der Waals surface area contributed by atoms with E-state index in [0.29, 0.717) is 6.42 Å². The molecule has 4 heteroatoms. The Morgan fingerprint density at radius 2 is 2.30 bits per heavy atom. The van der Waals surface area contributed by atoms with E-state index in [1.807, 2.05) is 0 Å². The summed E-state index contributed by atoms with van der Waals surface area (Å²) in [5.41, 5.74) is -1.21. The number of carboxylic acids is 1. The third-order valence-corrected chi connectivity index (χ3v) is 1.60. The number of hydrogen-bond donors (Lipinski definition) is 2. The van der Waals surface area contributed by atoms with Gasteiger partial charge in [0, 0.05) is 7.11 Å². The molecule has 0 bridgehead atoms. The molecule has 60 valence electrons. The van der Waals surface area contributed by atoms with Crippen LogP contribution in [0.2, 0.25) is 0 Å². The predicted molar refractivity (Wildman–Crippen MR) is 36.7 cm³/mol. The molecule has 0 aliphatic rings. The molecular formula is C6H13NO3. The number of ether oxygens (including phenoxy) is 1. The topological polar surface area (TPSA) is 58.6 Å². The van der Waals surface area contributed by atoms with E-state index in [1.54, 1.807) is 14.0 Å². The number of hydrogen-bond acceptors (Lipinski definition) is 3. The van der Waals surface area contributed by atoms with Crippen LogP contribution in [0, 0.1) is 0 Å². The summed E-state index contributed by atoms with van der Waals surface area (Å²) in [4.78, 5) is 10.5. The van der Waals surface area contributed by atoms with Crippen LogP contribution in [0.3, 0.4) is 0 Å². The smallest absolute Gasteiger partial charge is 0.351 e. The van der Waals surface area contributed by atoms with Gasteiger partial charge in [-0.05, 0) is 13.5 Å². The molecule has 0 aliphatic carbocycles. The van der Waals surface area contributed by atoms with E-state index in [1.165, 1.54) is 7.11 Å². The van der Waals surface area contributed by atoms with Gasteiger partial charge in [0.1, 0.15) is 0 Å². The van der Waals surface area contributed by atoms with Crippen molar-refractivity contribution in [3.8, 4) is 0 Å². The maximum atomic E-state index is 10.5. The first-order chi connectivity index (χ1) is 4.63. The minimum absolute atomic E-state index is 0.398. The second-order valence-electron chi connectivity index (χ2n) is 1.94. The van der Waals surface area contributed by atoms with Crippen molar-refractivity contribution in [3.05, 3.63) is 0 Å². The molecule has 0 saturated heterocycles. The summed E-state index contributed by atoms with van der Waals surface area (Å²) in [5, 5.41) is 11.2. The normalized spacial score (nSPS) is 16.3. The first-order valence-electron chi connectivity index (χ1n) is 3.10. The first kappa shape index (κ1) is 9.39. The lowest BCUT2D eigenvalue weighted by molar-refractivity contribution is -0.166. The van der Waals surface area contributed by atoms with Gasteiger partial charge in [-0.3, -0.25) is 5.32 Å². The van der Waals surface area contributed by atoms with E-state index in [0.717, 1.165) is 0 Å². The van der Waals surface area contributed by atoms with Crippen LogP contribution in [0.4, 0.5) is 0 Å². The van der Waals surface area contributed by atoms with E-state index in [4.69, 9.17) is 9.84 Å². The zero-order valence-electron chi connectivity index (χ0n) is 6.47. The van der Waals surface area contributed by atoms with Crippen molar-refractivity contribution in [1.29, 1.82) is 0 Å². The zero-order valence-corrected chi connectivity index (χ0v) is 6.47. The summed E-state index contributed by atoms with van der Waals surface area (Å²) in [6, 6.07) is 0. The predicted octanol–water partition coefficient (Wildman–Crippen LogP) is 0.0431. The molecule has 0 aromatic carbocycles. The minimum atomic E-state index is -1.21. The molecule has 0 fully saturated rings. The molecular weight excluding hydrogens is 134 g/mol. The van der Waals surface area contributed by atoms with Gasteiger partial charge in [0.25, 0.3) is 0 Å². The number of carboxylic acid groups (broad SMARTS) is 1. The van der Waals surface area contributed by atoms with Crippen LogP contribution < -0.4 is 5.32 Å². The highest BCUT2D eigenvalue weighted by Gasteiger charge is 2.34. The average Bonchev–Trinajstić information content (AvgIpc) is 1.92. The Kier molecular flexibility index (Phi) is 3.32. The molecule has 0 amide bonds. The average molecular weight is 147 g/mol. The highest BCUT2D eigenvalue weighted by Crippen LogP contribution is 2.09. The van der Waals surface area contributed by atoms with Crippen molar-refractivity contribution in [2.75, 3.05) is 14.2 Å². The highest BCUT2D eigenvalue weighted by molar-refractivity contribution is 5.76. The first-order valence-corrected chi connectivity index (χ1v) is 3.10. The van der Waals surface area contributed by atoms with Crippen LogP contribution in [0.1, 0.15) is 13.3 Å². The van der Waals surface area contributed by atoms with Gasteiger partial charge in [0.05, 0.1) is 0 Å². The number of carbonyl (C=O) groups is 1. The molecule has 0 aromatic heterocycles. The largest absolute Gasteiger partial charge is 0.478 e. The summed E-state index contributed by atoms with van der Waals surface area (Å²) in [6.07, 6.45) is 0.398. The summed E-state index contributed by atoms with van der Waals surface area (Å²) < 4.78 is 4.79. The Balaban J connectivity index is 4.31. The van der Waals surface area contributed by atoms with Crippen molar-refractivity contribution >= 4 is 5.97 Å². The molecule has 0 spiro atoms. The maximum absolute atomic E-state index is 10.5. The fourth-order valence-corrected chi connectivity index (χ4v) is 0.769. The SMILES string of the molecule is CCC(NC)(OC)C(=O)O. The Labute approximate surface area is 60.2 Å². The summed E-state index contributed by atoms with van der Waals surface area (Å²) in [7, 11) is 2.93. The van der Waals surface area contributed by atoms with Crippen LogP contribution >= 0.6 is 0 Å². The lowest BCUT2D eigenvalue weighted by Crippen LogP contribution is -2.51. The van der Waals surface area contributed by atoms with Gasteiger partial charge in [-0.15, -0.1) is 0 Å². The van der Waals surface area contributed by atoms with Gasteiger partial charge in [0.2, 0.25) is 5.72 Å². The van der Waals surface area contributed by atoms with Gasteiger partial charge in [-0.1, -0.05) is 6.92 Å². The number of aliphatic carboxylic acids is 1. The molecule has 1 unspecified atom stereocenters. The maximum Gasteiger partial charge on any atom is 0.351 e. The molecule has 0 aromatic rings. The molecule has 1 atom stereocenters. The minimum Gasteiger partial charge on any atom is -0.478 e. The van der Waals surface area contributed by atoms with Crippen LogP contribution in [-0.4, -0.2) is 31.0 Å². The van der Waals surface area contributed by atoms with Crippen molar-refractivity contribution in [2.45, 2.75) is 19.1 Å². The quantitative estimate of drug-likeness (QED) is 0.551. The number of rotatable bonds is 4. The van der Waals surface area contributed by atoms with E-state index in [-0.39, 0.29) is 0 Å². The molecule has 0 heterocycles. The monoisotopic (exact) mass is 147 g/mol. The Morgan fingerprint density at radius 1 is 1.80 bits per heavy atom. The molecule has 10 heavy (non-hydrogen) atoms. The second-order valence-corrected chi connectivity index (χ2v) is 1.94. The summed E-state index contributed by atoms with van der Waals surface area (Å²) in [6.45, 7) is 1.74. The van der Waals surface area contributed by atoms with E-state index >= 15 is 0 Å². The van der Waals surface area contributed by atoms with Crippen LogP contribution in [0.15, 0.2) is 0 Å². The second kappa shape index (κ2) is 3.53. The Morgan fingerprint density at radius 3 is 2.30 bits per heavy atom. The lowest BCUT2D eigenvalue weighted by atomic mass is 10.1. The highest BCUT2D eigenvalue weighted by atomic mass is 16.5. The molecule has 0 radical (unpaired) electrons. The number of nitrogens with one attached hydrogen (secondary N) is 1. The van der Waals surface area contributed by atoms with E-state index in [2.05, 4.69) is 5.32 Å². The Bertz CT molecular complexity index is 112. The molecule has 0 saturated carbocycles. The van der Waals surface area contributed by atoms with Gasteiger partial charge in [-0.2, -0.15) is 0 Å². The van der Waals surface area contributed by atoms with Crippen molar-refractivity contribution in [2.24, 2.45) is 0 Å². The number of methoxy groups -OCH3 is 1. The Hall–Kier alpha value is -0.610. The third kappa shape index (κ3) is 1.46. The van der Waals surface area contributed by atoms with Crippen LogP contribution in [0.25, 0.3) is 0 Å².